The average molecular weight is 318 g/mol. The lowest BCUT2D eigenvalue weighted by Gasteiger charge is -2.22. The van der Waals surface area contributed by atoms with Gasteiger partial charge in [-0.3, -0.25) is 0 Å². The van der Waals surface area contributed by atoms with E-state index in [0.717, 1.165) is 27.9 Å². The first-order valence-electron chi connectivity index (χ1n) is 5.00. The van der Waals surface area contributed by atoms with Crippen LogP contribution in [0.15, 0.2) is 18.2 Å². The molecule has 1 saturated heterocycles. The van der Waals surface area contributed by atoms with Gasteiger partial charge >= 0.3 is 0 Å². The maximum Gasteiger partial charge on any atom is 0.0810 e. The highest BCUT2D eigenvalue weighted by Gasteiger charge is 2.31. The highest BCUT2D eigenvalue weighted by atomic mass is 127. The zero-order valence-corrected chi connectivity index (χ0v) is 10.9. The van der Waals surface area contributed by atoms with Gasteiger partial charge < -0.3 is 15.7 Å². The lowest BCUT2D eigenvalue weighted by molar-refractivity contribution is 0.0839. The molecule has 0 bridgehead atoms. The molecule has 15 heavy (non-hydrogen) atoms. The van der Waals surface area contributed by atoms with Gasteiger partial charge in [0.1, 0.15) is 0 Å². The summed E-state index contributed by atoms with van der Waals surface area (Å²) in [5, 5.41) is 9.89. The maximum absolute atomic E-state index is 9.89. The zero-order chi connectivity index (χ0) is 11.1. The summed E-state index contributed by atoms with van der Waals surface area (Å²) in [7, 11) is 0. The van der Waals surface area contributed by atoms with E-state index >= 15 is 0 Å². The fourth-order valence-electron chi connectivity index (χ4n) is 1.96. The van der Waals surface area contributed by atoms with Gasteiger partial charge in [0, 0.05) is 16.7 Å². The van der Waals surface area contributed by atoms with Crippen molar-refractivity contribution in [3.63, 3.8) is 0 Å². The molecule has 2 rings (SSSR count). The van der Waals surface area contributed by atoms with Gasteiger partial charge in [0.25, 0.3) is 0 Å². The van der Waals surface area contributed by atoms with Crippen LogP contribution < -0.4 is 10.6 Å². The number of hydrogen-bond acceptors (Lipinski definition) is 3. The van der Waals surface area contributed by atoms with Crippen LogP contribution >= 0.6 is 22.6 Å². The van der Waals surface area contributed by atoms with Crippen LogP contribution in [0.4, 0.5) is 11.4 Å². The second kappa shape index (κ2) is 3.83. The lowest BCUT2D eigenvalue weighted by Crippen LogP contribution is -2.29. The fraction of sp³-hybridized carbons (Fsp3) is 0.455. The van der Waals surface area contributed by atoms with E-state index in [-0.39, 0.29) is 0 Å². The van der Waals surface area contributed by atoms with E-state index in [9.17, 15) is 5.11 Å². The molecule has 3 nitrogen and oxygen atoms in total. The molecule has 1 aliphatic rings. The molecule has 1 heterocycles. The van der Waals surface area contributed by atoms with E-state index in [1.807, 2.05) is 25.1 Å². The fourth-order valence-corrected chi connectivity index (χ4v) is 2.48. The van der Waals surface area contributed by atoms with Gasteiger partial charge in [-0.05, 0) is 54.1 Å². The highest BCUT2D eigenvalue weighted by molar-refractivity contribution is 14.1. The summed E-state index contributed by atoms with van der Waals surface area (Å²) >= 11 is 2.24. The first kappa shape index (κ1) is 11.0. The van der Waals surface area contributed by atoms with Crippen molar-refractivity contribution in [1.29, 1.82) is 0 Å². The van der Waals surface area contributed by atoms with Crippen molar-refractivity contribution in [3.8, 4) is 0 Å². The van der Waals surface area contributed by atoms with Crippen LogP contribution in [0.25, 0.3) is 0 Å². The molecule has 4 heteroatoms. The predicted molar refractivity (Wildman–Crippen MR) is 71.0 cm³/mol. The third kappa shape index (κ3) is 2.36. The Morgan fingerprint density at radius 2 is 2.27 bits per heavy atom. The highest BCUT2D eigenvalue weighted by Crippen LogP contribution is 2.31. The normalized spacial score (nSPS) is 25.9. The summed E-state index contributed by atoms with van der Waals surface area (Å²) in [5.41, 5.74) is 7.21. The Morgan fingerprint density at radius 3 is 2.80 bits per heavy atom. The Kier molecular flexibility index (Phi) is 2.81. The molecular weight excluding hydrogens is 303 g/mol. The molecule has 1 unspecified atom stereocenters. The van der Waals surface area contributed by atoms with Gasteiger partial charge in [-0.2, -0.15) is 0 Å². The van der Waals surface area contributed by atoms with E-state index in [0.29, 0.717) is 6.54 Å². The average Bonchev–Trinajstić information content (AvgIpc) is 2.46. The minimum Gasteiger partial charge on any atom is -0.397 e. The van der Waals surface area contributed by atoms with Crippen molar-refractivity contribution in [1.82, 2.24) is 0 Å². The Bertz CT molecular complexity index is 379. The summed E-state index contributed by atoms with van der Waals surface area (Å²) in [6.45, 7) is 3.41. The number of aliphatic hydroxyl groups is 1. The van der Waals surface area contributed by atoms with E-state index in [1.165, 1.54) is 0 Å². The van der Waals surface area contributed by atoms with Crippen molar-refractivity contribution in [3.05, 3.63) is 21.8 Å². The van der Waals surface area contributed by atoms with E-state index in [2.05, 4.69) is 27.5 Å². The topological polar surface area (TPSA) is 49.5 Å². The Labute approximate surface area is 103 Å². The van der Waals surface area contributed by atoms with E-state index < -0.39 is 5.60 Å². The van der Waals surface area contributed by atoms with Crippen molar-refractivity contribution in [2.45, 2.75) is 18.9 Å². The summed E-state index contributed by atoms with van der Waals surface area (Å²) in [5.74, 6) is 0. The largest absolute Gasteiger partial charge is 0.397 e. The van der Waals surface area contributed by atoms with Crippen LogP contribution in [-0.4, -0.2) is 23.8 Å². The van der Waals surface area contributed by atoms with E-state index in [1.54, 1.807) is 0 Å². The molecule has 0 aliphatic carbocycles. The number of nitrogens with zero attached hydrogens (tertiary/aromatic N) is 1. The molecule has 0 radical (unpaired) electrons. The van der Waals surface area contributed by atoms with Crippen LogP contribution in [0.5, 0.6) is 0 Å². The van der Waals surface area contributed by atoms with Gasteiger partial charge in [0.15, 0.2) is 0 Å². The Morgan fingerprint density at radius 1 is 1.53 bits per heavy atom. The monoisotopic (exact) mass is 318 g/mol. The van der Waals surface area contributed by atoms with Crippen molar-refractivity contribution < 1.29 is 5.11 Å². The number of halogens is 1. The molecule has 1 aromatic rings. The minimum absolute atomic E-state index is 0.574. The minimum atomic E-state index is -0.574. The summed E-state index contributed by atoms with van der Waals surface area (Å²) in [4.78, 5) is 2.14. The third-order valence-electron chi connectivity index (χ3n) is 2.78. The van der Waals surface area contributed by atoms with Crippen LogP contribution in [0.2, 0.25) is 0 Å². The van der Waals surface area contributed by atoms with Crippen molar-refractivity contribution in [2.24, 2.45) is 0 Å². The smallest absolute Gasteiger partial charge is 0.0810 e. The maximum atomic E-state index is 9.89. The number of benzene rings is 1. The molecule has 1 atom stereocenters. The molecule has 0 aromatic heterocycles. The number of hydrogen-bond donors (Lipinski definition) is 2. The molecular formula is C11H15IN2O. The van der Waals surface area contributed by atoms with Gasteiger partial charge in [-0.15, -0.1) is 0 Å². The second-order valence-corrected chi connectivity index (χ2v) is 5.62. The van der Waals surface area contributed by atoms with Gasteiger partial charge in [0.05, 0.1) is 17.0 Å². The third-order valence-corrected chi connectivity index (χ3v) is 3.45. The number of nitrogen functional groups attached to an aromatic ring is 1. The molecule has 3 N–H and O–H groups in total. The van der Waals surface area contributed by atoms with Crippen molar-refractivity contribution >= 4 is 34.0 Å². The predicted octanol–water partition coefficient (Wildman–Crippen LogP) is 1.83. The summed E-state index contributed by atoms with van der Waals surface area (Å²) in [6.07, 6.45) is 0.804. The van der Waals surface area contributed by atoms with Crippen LogP contribution in [0, 0.1) is 3.57 Å². The summed E-state index contributed by atoms with van der Waals surface area (Å²) < 4.78 is 1.14. The Balaban J connectivity index is 2.24. The quantitative estimate of drug-likeness (QED) is 0.614. The van der Waals surface area contributed by atoms with Gasteiger partial charge in [0.2, 0.25) is 0 Å². The second-order valence-electron chi connectivity index (χ2n) is 4.37. The number of nitrogens with two attached hydrogens (primary N) is 1. The zero-order valence-electron chi connectivity index (χ0n) is 8.70. The molecule has 1 fully saturated rings. The van der Waals surface area contributed by atoms with Crippen LogP contribution in [-0.2, 0) is 0 Å². The number of rotatable bonds is 1. The lowest BCUT2D eigenvalue weighted by atomic mass is 10.1. The molecule has 82 valence electrons. The van der Waals surface area contributed by atoms with Gasteiger partial charge in [-0.1, -0.05) is 0 Å². The molecule has 0 amide bonds. The molecule has 1 aromatic carbocycles. The van der Waals surface area contributed by atoms with Crippen LogP contribution in [0.3, 0.4) is 0 Å². The summed E-state index contributed by atoms with van der Waals surface area (Å²) in [6, 6.07) is 6.03. The Hall–Kier alpha value is -0.490. The molecule has 0 saturated carbocycles. The molecule has 0 spiro atoms. The molecule has 1 aliphatic heterocycles. The van der Waals surface area contributed by atoms with E-state index in [4.69, 9.17) is 5.73 Å². The van der Waals surface area contributed by atoms with Gasteiger partial charge in [-0.25, -0.2) is 0 Å². The SMILES string of the molecule is CC1(O)CCN(c2ccc(I)cc2N)C1. The van der Waals surface area contributed by atoms with Crippen molar-refractivity contribution in [2.75, 3.05) is 23.7 Å². The number of anilines is 2. The number of β-amino-alcohol motifs (C(OH)–C–C–N with tert-alkyl or cyclic N) is 1. The van der Waals surface area contributed by atoms with Crippen LogP contribution in [0.1, 0.15) is 13.3 Å². The first-order chi connectivity index (χ1) is 6.98. The standard InChI is InChI=1S/C11H15IN2O/c1-11(15)4-5-14(7-11)10-3-2-8(12)6-9(10)13/h2-3,6,15H,4-5,7,13H2,1H3. The first-order valence-corrected chi connectivity index (χ1v) is 6.08.